The van der Waals surface area contributed by atoms with E-state index in [1.165, 1.54) is 24.4 Å². The molecule has 0 radical (unpaired) electrons. The van der Waals surface area contributed by atoms with Crippen LogP contribution in [0.4, 0.5) is 4.39 Å². The summed E-state index contributed by atoms with van der Waals surface area (Å²) < 4.78 is 24.4. The molecule has 1 aromatic carbocycles. The van der Waals surface area contributed by atoms with Crippen molar-refractivity contribution in [3.63, 3.8) is 0 Å². The van der Waals surface area contributed by atoms with E-state index in [1.807, 2.05) is 0 Å². The maximum Gasteiger partial charge on any atom is 0.267 e. The third-order valence-electron chi connectivity index (χ3n) is 3.52. The number of rotatable bonds is 7. The quantitative estimate of drug-likeness (QED) is 0.660. The molecule has 26 heavy (non-hydrogen) atoms. The number of primary amides is 1. The summed E-state index contributed by atoms with van der Waals surface area (Å²) in [7, 11) is 0. The zero-order chi connectivity index (χ0) is 18.4. The fourth-order valence-electron chi connectivity index (χ4n) is 2.29. The van der Waals surface area contributed by atoms with E-state index < -0.39 is 5.91 Å². The first-order chi connectivity index (χ1) is 12.6. The van der Waals surface area contributed by atoms with Gasteiger partial charge in [-0.2, -0.15) is 0 Å². The van der Waals surface area contributed by atoms with E-state index in [9.17, 15) is 9.18 Å². The Hall–Kier alpha value is -3.48. The van der Waals surface area contributed by atoms with Gasteiger partial charge in [-0.25, -0.2) is 9.37 Å². The molecule has 0 unspecified atom stereocenters. The van der Waals surface area contributed by atoms with Gasteiger partial charge < -0.3 is 15.2 Å². The first-order valence-corrected chi connectivity index (χ1v) is 7.85. The average Bonchev–Trinajstić information content (AvgIpc) is 2.67. The largest absolute Gasteiger partial charge is 0.488 e. The van der Waals surface area contributed by atoms with Gasteiger partial charge in [-0.15, -0.1) is 0 Å². The van der Waals surface area contributed by atoms with Gasteiger partial charge in [0.05, 0.1) is 12.4 Å². The molecule has 132 valence electrons. The standard InChI is InChI=1S/C19H16FN3O3/c20-14-5-3-13(4-6-14)16-10-17(19(21)24)23-12-18(16)26-9-8-25-15-2-1-7-22-11-15/h1-7,10-12H,8-9H2,(H2,21,24). The van der Waals surface area contributed by atoms with Gasteiger partial charge in [0.25, 0.3) is 5.91 Å². The van der Waals surface area contributed by atoms with Gasteiger partial charge in [0, 0.05) is 11.8 Å². The number of aromatic nitrogens is 2. The lowest BCUT2D eigenvalue weighted by Gasteiger charge is -2.13. The fraction of sp³-hybridized carbons (Fsp3) is 0.105. The van der Waals surface area contributed by atoms with Gasteiger partial charge in [0.2, 0.25) is 0 Å². The highest BCUT2D eigenvalue weighted by Crippen LogP contribution is 2.30. The lowest BCUT2D eigenvalue weighted by Crippen LogP contribution is -2.14. The minimum Gasteiger partial charge on any atom is -0.488 e. The third kappa shape index (κ3) is 4.32. The van der Waals surface area contributed by atoms with Crippen molar-refractivity contribution in [3.05, 3.63) is 72.6 Å². The summed E-state index contributed by atoms with van der Waals surface area (Å²) in [5.41, 5.74) is 6.67. The molecule has 0 atom stereocenters. The predicted octanol–water partition coefficient (Wildman–Crippen LogP) is 2.84. The molecule has 2 N–H and O–H groups in total. The van der Waals surface area contributed by atoms with Crippen LogP contribution < -0.4 is 15.2 Å². The van der Waals surface area contributed by atoms with Crippen molar-refractivity contribution in [2.45, 2.75) is 0 Å². The SMILES string of the molecule is NC(=O)c1cc(-c2ccc(F)cc2)c(OCCOc2cccnc2)cn1. The van der Waals surface area contributed by atoms with Gasteiger partial charge >= 0.3 is 0 Å². The van der Waals surface area contributed by atoms with Crippen molar-refractivity contribution in [1.29, 1.82) is 0 Å². The molecule has 0 aliphatic carbocycles. The lowest BCUT2D eigenvalue weighted by atomic mass is 10.0. The van der Waals surface area contributed by atoms with Crippen molar-refractivity contribution in [2.75, 3.05) is 13.2 Å². The summed E-state index contributed by atoms with van der Waals surface area (Å²) in [4.78, 5) is 19.4. The maximum absolute atomic E-state index is 13.2. The summed E-state index contributed by atoms with van der Waals surface area (Å²) in [6, 6.07) is 10.9. The Morgan fingerprint density at radius 2 is 1.85 bits per heavy atom. The zero-order valence-electron chi connectivity index (χ0n) is 13.8. The lowest BCUT2D eigenvalue weighted by molar-refractivity contribution is 0.0995. The second-order valence-electron chi connectivity index (χ2n) is 5.32. The van der Waals surface area contributed by atoms with Gasteiger partial charge in [-0.3, -0.25) is 9.78 Å². The molecule has 0 saturated heterocycles. The minimum atomic E-state index is -0.653. The smallest absolute Gasteiger partial charge is 0.267 e. The molecular weight excluding hydrogens is 337 g/mol. The molecule has 0 spiro atoms. The fourth-order valence-corrected chi connectivity index (χ4v) is 2.29. The Morgan fingerprint density at radius 1 is 1.08 bits per heavy atom. The molecule has 0 aliphatic heterocycles. The minimum absolute atomic E-state index is 0.100. The normalized spacial score (nSPS) is 10.3. The average molecular weight is 353 g/mol. The van der Waals surface area contributed by atoms with Crippen LogP contribution in [0.2, 0.25) is 0 Å². The van der Waals surface area contributed by atoms with Crippen molar-refractivity contribution < 1.29 is 18.7 Å². The van der Waals surface area contributed by atoms with E-state index in [4.69, 9.17) is 15.2 Å². The van der Waals surface area contributed by atoms with Crippen LogP contribution in [-0.4, -0.2) is 29.1 Å². The summed E-state index contributed by atoms with van der Waals surface area (Å²) in [6.45, 7) is 0.548. The van der Waals surface area contributed by atoms with Crippen LogP contribution >= 0.6 is 0 Å². The first-order valence-electron chi connectivity index (χ1n) is 7.85. The predicted molar refractivity (Wildman–Crippen MR) is 93.4 cm³/mol. The van der Waals surface area contributed by atoms with E-state index in [1.54, 1.807) is 36.7 Å². The van der Waals surface area contributed by atoms with E-state index >= 15 is 0 Å². The van der Waals surface area contributed by atoms with E-state index in [-0.39, 0.29) is 18.1 Å². The molecule has 0 bridgehead atoms. The number of hydrogen-bond donors (Lipinski definition) is 1. The van der Waals surface area contributed by atoms with E-state index in [0.29, 0.717) is 29.2 Å². The van der Waals surface area contributed by atoms with Gasteiger partial charge in [-0.1, -0.05) is 12.1 Å². The van der Waals surface area contributed by atoms with E-state index in [2.05, 4.69) is 9.97 Å². The monoisotopic (exact) mass is 353 g/mol. The molecule has 1 amide bonds. The topological polar surface area (TPSA) is 87.3 Å². The number of halogens is 1. The number of pyridine rings is 2. The summed E-state index contributed by atoms with van der Waals surface area (Å²) in [5, 5.41) is 0. The number of ether oxygens (including phenoxy) is 2. The molecule has 0 aliphatic rings. The molecule has 7 heteroatoms. The van der Waals surface area contributed by atoms with Crippen molar-refractivity contribution in [2.24, 2.45) is 5.73 Å². The summed E-state index contributed by atoms with van der Waals surface area (Å²) in [5.74, 6) is 0.0681. The molecule has 3 rings (SSSR count). The van der Waals surface area contributed by atoms with E-state index in [0.717, 1.165) is 0 Å². The van der Waals surface area contributed by atoms with Crippen LogP contribution in [0.15, 0.2) is 61.1 Å². The number of nitrogens with zero attached hydrogens (tertiary/aromatic N) is 2. The van der Waals surface area contributed by atoms with Crippen molar-refractivity contribution in [3.8, 4) is 22.6 Å². The van der Waals surface area contributed by atoms with Crippen LogP contribution in [0.1, 0.15) is 10.5 Å². The molecule has 0 saturated carbocycles. The first kappa shape index (κ1) is 17.3. The van der Waals surface area contributed by atoms with Crippen LogP contribution in [-0.2, 0) is 0 Å². The third-order valence-corrected chi connectivity index (χ3v) is 3.52. The Balaban J connectivity index is 1.75. The van der Waals surface area contributed by atoms with Crippen molar-refractivity contribution in [1.82, 2.24) is 9.97 Å². The Morgan fingerprint density at radius 3 is 2.54 bits per heavy atom. The van der Waals surface area contributed by atoms with Crippen LogP contribution in [0.3, 0.4) is 0 Å². The molecule has 2 aromatic heterocycles. The highest BCUT2D eigenvalue weighted by molar-refractivity contribution is 5.92. The highest BCUT2D eigenvalue weighted by atomic mass is 19.1. The van der Waals surface area contributed by atoms with Crippen LogP contribution in [0, 0.1) is 5.82 Å². The molecular formula is C19H16FN3O3. The number of hydrogen-bond acceptors (Lipinski definition) is 5. The summed E-state index contributed by atoms with van der Waals surface area (Å²) in [6.07, 6.45) is 4.68. The van der Waals surface area contributed by atoms with Crippen LogP contribution in [0.5, 0.6) is 11.5 Å². The number of amides is 1. The number of carbonyl (C=O) groups excluding carboxylic acids is 1. The van der Waals surface area contributed by atoms with Gasteiger partial charge in [0.15, 0.2) is 0 Å². The Bertz CT molecular complexity index is 886. The van der Waals surface area contributed by atoms with Gasteiger partial charge in [-0.05, 0) is 35.9 Å². The number of carbonyl (C=O) groups is 1. The Kier molecular flexibility index (Phi) is 5.38. The molecule has 6 nitrogen and oxygen atoms in total. The van der Waals surface area contributed by atoms with Crippen LogP contribution in [0.25, 0.3) is 11.1 Å². The zero-order valence-corrected chi connectivity index (χ0v) is 13.8. The highest BCUT2D eigenvalue weighted by Gasteiger charge is 2.12. The molecule has 3 aromatic rings. The number of nitrogens with two attached hydrogens (primary N) is 1. The van der Waals surface area contributed by atoms with Crippen molar-refractivity contribution >= 4 is 5.91 Å². The molecule has 0 fully saturated rings. The molecule has 2 heterocycles. The summed E-state index contributed by atoms with van der Waals surface area (Å²) >= 11 is 0. The Labute approximate surface area is 149 Å². The number of benzene rings is 1. The van der Waals surface area contributed by atoms with Gasteiger partial charge in [0.1, 0.15) is 36.2 Å². The second-order valence-corrected chi connectivity index (χ2v) is 5.32. The second kappa shape index (κ2) is 8.06. The maximum atomic E-state index is 13.2.